The summed E-state index contributed by atoms with van der Waals surface area (Å²) in [5, 5.41) is 0.973. The SMILES string of the molecule is COc1ccc(OC)c(C(C)(C)CCBr)c1. The van der Waals surface area contributed by atoms with Crippen molar-refractivity contribution < 1.29 is 9.47 Å². The Labute approximate surface area is 106 Å². The smallest absolute Gasteiger partial charge is 0.122 e. The normalized spacial score (nSPS) is 11.3. The van der Waals surface area contributed by atoms with Crippen LogP contribution in [0.3, 0.4) is 0 Å². The minimum absolute atomic E-state index is 0.0728. The van der Waals surface area contributed by atoms with E-state index in [0.29, 0.717) is 0 Å². The zero-order chi connectivity index (χ0) is 12.2. The lowest BCUT2D eigenvalue weighted by molar-refractivity contribution is 0.381. The average Bonchev–Trinajstić information content (AvgIpc) is 2.28. The van der Waals surface area contributed by atoms with Crippen LogP contribution in [-0.2, 0) is 5.41 Å². The van der Waals surface area contributed by atoms with Crippen LogP contribution in [0.25, 0.3) is 0 Å². The summed E-state index contributed by atoms with van der Waals surface area (Å²) >= 11 is 3.49. The van der Waals surface area contributed by atoms with Crippen molar-refractivity contribution in [2.45, 2.75) is 25.7 Å². The molecule has 0 aliphatic carbocycles. The lowest BCUT2D eigenvalue weighted by Gasteiger charge is -2.26. The highest BCUT2D eigenvalue weighted by Crippen LogP contribution is 2.36. The molecule has 0 saturated heterocycles. The van der Waals surface area contributed by atoms with Crippen molar-refractivity contribution in [1.29, 1.82) is 0 Å². The molecule has 0 fully saturated rings. The Bertz CT molecular complexity index is 348. The van der Waals surface area contributed by atoms with Gasteiger partial charge in [0.25, 0.3) is 0 Å². The van der Waals surface area contributed by atoms with Gasteiger partial charge in [-0.05, 0) is 30.0 Å². The summed E-state index contributed by atoms with van der Waals surface area (Å²) in [5.74, 6) is 1.80. The molecular formula is C13H19BrO2. The number of hydrogen-bond donors (Lipinski definition) is 0. The van der Waals surface area contributed by atoms with E-state index in [9.17, 15) is 0 Å². The Kier molecular flexibility index (Phi) is 4.66. The van der Waals surface area contributed by atoms with Gasteiger partial charge in [-0.15, -0.1) is 0 Å². The largest absolute Gasteiger partial charge is 0.497 e. The lowest BCUT2D eigenvalue weighted by atomic mass is 9.81. The number of methoxy groups -OCH3 is 2. The minimum atomic E-state index is 0.0728. The first-order valence-corrected chi connectivity index (χ1v) is 6.46. The second kappa shape index (κ2) is 5.58. The summed E-state index contributed by atoms with van der Waals surface area (Å²) in [6.45, 7) is 4.43. The topological polar surface area (TPSA) is 18.5 Å². The molecule has 16 heavy (non-hydrogen) atoms. The lowest BCUT2D eigenvalue weighted by Crippen LogP contribution is -2.18. The van der Waals surface area contributed by atoms with Crippen molar-refractivity contribution in [3.8, 4) is 11.5 Å². The summed E-state index contributed by atoms with van der Waals surface area (Å²) in [4.78, 5) is 0. The quantitative estimate of drug-likeness (QED) is 0.768. The van der Waals surface area contributed by atoms with E-state index in [1.165, 1.54) is 5.56 Å². The Morgan fingerprint density at radius 3 is 2.38 bits per heavy atom. The third-order valence-electron chi connectivity index (χ3n) is 2.86. The third-order valence-corrected chi connectivity index (χ3v) is 3.25. The number of hydrogen-bond acceptors (Lipinski definition) is 2. The molecule has 0 spiro atoms. The number of rotatable bonds is 5. The number of halogens is 1. The van der Waals surface area contributed by atoms with Gasteiger partial charge >= 0.3 is 0 Å². The first kappa shape index (κ1) is 13.4. The number of alkyl halides is 1. The van der Waals surface area contributed by atoms with Crippen molar-refractivity contribution in [3.63, 3.8) is 0 Å². The standard InChI is InChI=1S/C13H19BrO2/c1-13(2,7-8-14)11-9-10(15-3)5-6-12(11)16-4/h5-6,9H,7-8H2,1-4H3. The van der Waals surface area contributed by atoms with E-state index in [1.54, 1.807) is 14.2 Å². The molecule has 1 aromatic carbocycles. The molecule has 3 heteroatoms. The van der Waals surface area contributed by atoms with E-state index in [2.05, 4.69) is 35.8 Å². The van der Waals surface area contributed by atoms with E-state index in [0.717, 1.165) is 23.2 Å². The maximum atomic E-state index is 5.41. The molecule has 0 saturated carbocycles. The Hall–Kier alpha value is -0.700. The van der Waals surface area contributed by atoms with Crippen LogP contribution in [0.2, 0.25) is 0 Å². The van der Waals surface area contributed by atoms with E-state index >= 15 is 0 Å². The van der Waals surface area contributed by atoms with Gasteiger partial charge in [0.15, 0.2) is 0 Å². The highest BCUT2D eigenvalue weighted by Gasteiger charge is 2.24. The Balaban J connectivity index is 3.17. The van der Waals surface area contributed by atoms with Gasteiger partial charge < -0.3 is 9.47 Å². The molecule has 0 amide bonds. The fourth-order valence-electron chi connectivity index (χ4n) is 1.71. The van der Waals surface area contributed by atoms with E-state index < -0.39 is 0 Å². The van der Waals surface area contributed by atoms with Crippen molar-refractivity contribution in [1.82, 2.24) is 0 Å². The second-order valence-electron chi connectivity index (χ2n) is 4.39. The van der Waals surface area contributed by atoms with Crippen LogP contribution >= 0.6 is 15.9 Å². The van der Waals surface area contributed by atoms with E-state index in [4.69, 9.17) is 9.47 Å². The molecule has 0 aliphatic rings. The van der Waals surface area contributed by atoms with Gasteiger partial charge in [0, 0.05) is 10.9 Å². The van der Waals surface area contributed by atoms with Gasteiger partial charge in [0.2, 0.25) is 0 Å². The molecule has 1 aromatic rings. The molecular weight excluding hydrogens is 268 g/mol. The fraction of sp³-hybridized carbons (Fsp3) is 0.538. The monoisotopic (exact) mass is 286 g/mol. The van der Waals surface area contributed by atoms with E-state index in [1.807, 2.05) is 12.1 Å². The molecule has 2 nitrogen and oxygen atoms in total. The van der Waals surface area contributed by atoms with Gasteiger partial charge in [0.1, 0.15) is 11.5 Å². The van der Waals surface area contributed by atoms with Crippen molar-refractivity contribution in [2.75, 3.05) is 19.5 Å². The van der Waals surface area contributed by atoms with Crippen LogP contribution < -0.4 is 9.47 Å². The van der Waals surface area contributed by atoms with Gasteiger partial charge in [0.05, 0.1) is 14.2 Å². The van der Waals surface area contributed by atoms with Gasteiger partial charge in [-0.1, -0.05) is 29.8 Å². The van der Waals surface area contributed by atoms with Crippen LogP contribution in [0.15, 0.2) is 18.2 Å². The zero-order valence-corrected chi connectivity index (χ0v) is 11.9. The highest BCUT2D eigenvalue weighted by molar-refractivity contribution is 9.09. The third kappa shape index (κ3) is 2.91. The molecule has 0 atom stereocenters. The Morgan fingerprint density at radius 1 is 1.19 bits per heavy atom. The van der Waals surface area contributed by atoms with Crippen molar-refractivity contribution in [2.24, 2.45) is 0 Å². The first-order valence-electron chi connectivity index (χ1n) is 5.33. The summed E-state index contributed by atoms with van der Waals surface area (Å²) in [6.07, 6.45) is 1.05. The van der Waals surface area contributed by atoms with Crippen molar-refractivity contribution in [3.05, 3.63) is 23.8 Å². The number of ether oxygens (including phenoxy) is 2. The predicted molar refractivity (Wildman–Crippen MR) is 71.0 cm³/mol. The van der Waals surface area contributed by atoms with Crippen molar-refractivity contribution >= 4 is 15.9 Å². The molecule has 1 rings (SSSR count). The van der Waals surface area contributed by atoms with Gasteiger partial charge in [-0.25, -0.2) is 0 Å². The first-order chi connectivity index (χ1) is 7.55. The van der Waals surface area contributed by atoms with E-state index in [-0.39, 0.29) is 5.41 Å². The molecule has 0 aromatic heterocycles. The number of benzene rings is 1. The summed E-state index contributed by atoms with van der Waals surface area (Å²) < 4.78 is 10.7. The van der Waals surface area contributed by atoms with Gasteiger partial charge in [-0.2, -0.15) is 0 Å². The molecule has 0 N–H and O–H groups in total. The van der Waals surface area contributed by atoms with Crippen LogP contribution in [0.5, 0.6) is 11.5 Å². The molecule has 90 valence electrons. The molecule has 0 bridgehead atoms. The Morgan fingerprint density at radius 2 is 1.88 bits per heavy atom. The average molecular weight is 287 g/mol. The molecule has 0 radical (unpaired) electrons. The van der Waals surface area contributed by atoms with Crippen LogP contribution in [0.4, 0.5) is 0 Å². The maximum Gasteiger partial charge on any atom is 0.122 e. The van der Waals surface area contributed by atoms with Crippen LogP contribution in [0, 0.1) is 0 Å². The van der Waals surface area contributed by atoms with Crippen LogP contribution in [-0.4, -0.2) is 19.5 Å². The van der Waals surface area contributed by atoms with Gasteiger partial charge in [-0.3, -0.25) is 0 Å². The molecule has 0 heterocycles. The molecule has 0 aliphatic heterocycles. The summed E-state index contributed by atoms with van der Waals surface area (Å²) in [7, 11) is 3.39. The highest BCUT2D eigenvalue weighted by atomic mass is 79.9. The zero-order valence-electron chi connectivity index (χ0n) is 10.3. The summed E-state index contributed by atoms with van der Waals surface area (Å²) in [6, 6.07) is 5.94. The molecule has 0 unspecified atom stereocenters. The predicted octanol–water partition coefficient (Wildman–Crippen LogP) is 3.77. The minimum Gasteiger partial charge on any atom is -0.497 e. The summed E-state index contributed by atoms with van der Waals surface area (Å²) in [5.41, 5.74) is 1.26. The second-order valence-corrected chi connectivity index (χ2v) is 5.18. The fourth-order valence-corrected chi connectivity index (χ4v) is 2.71. The van der Waals surface area contributed by atoms with Crippen LogP contribution in [0.1, 0.15) is 25.8 Å². The maximum absolute atomic E-state index is 5.41.